The second-order valence-corrected chi connectivity index (χ2v) is 8.80. The van der Waals surface area contributed by atoms with Crippen LogP contribution in [0.15, 0.2) is 61.2 Å². The van der Waals surface area contributed by atoms with Gasteiger partial charge in [0.2, 0.25) is 0 Å². The normalized spacial score (nSPS) is 15.5. The molecule has 1 saturated heterocycles. The monoisotopic (exact) mass is 441 g/mol. The van der Waals surface area contributed by atoms with E-state index in [1.165, 1.54) is 6.21 Å². The summed E-state index contributed by atoms with van der Waals surface area (Å²) in [5.74, 6) is 0.725. The van der Waals surface area contributed by atoms with Gasteiger partial charge in [-0.05, 0) is 49.6 Å². The minimum Gasteiger partial charge on any atom is -0.398 e. The first-order valence-corrected chi connectivity index (χ1v) is 11.0. The quantitative estimate of drug-likeness (QED) is 0.274. The van der Waals surface area contributed by atoms with Crippen LogP contribution in [0.1, 0.15) is 25.3 Å². The molecule has 8 nitrogen and oxygen atoms in total. The maximum absolute atomic E-state index is 10.2. The van der Waals surface area contributed by atoms with Crippen molar-refractivity contribution in [3.05, 3.63) is 66.7 Å². The summed E-state index contributed by atoms with van der Waals surface area (Å²) in [5, 5.41) is 21.0. The fourth-order valence-corrected chi connectivity index (χ4v) is 4.20. The van der Waals surface area contributed by atoms with Gasteiger partial charge in [0.05, 0.1) is 23.2 Å². The van der Waals surface area contributed by atoms with E-state index in [1.807, 2.05) is 60.2 Å². The van der Waals surface area contributed by atoms with E-state index in [1.54, 1.807) is 6.20 Å². The number of nitrogens with one attached hydrogen (secondary N) is 2. The molecule has 1 aliphatic rings. The summed E-state index contributed by atoms with van der Waals surface area (Å²) in [6, 6.07) is 11.7. The summed E-state index contributed by atoms with van der Waals surface area (Å²) < 4.78 is 1.96. The number of rotatable bonds is 5. The predicted molar refractivity (Wildman–Crippen MR) is 133 cm³/mol. The summed E-state index contributed by atoms with van der Waals surface area (Å²) in [6.45, 7) is 3.53. The van der Waals surface area contributed by atoms with Crippen molar-refractivity contribution in [1.29, 1.82) is 5.41 Å². The molecule has 4 aromatic rings. The molecule has 1 fully saturated rings. The number of nitrogens with two attached hydrogens (primary N) is 1. The first-order chi connectivity index (χ1) is 15.9. The molecule has 3 aromatic heterocycles. The van der Waals surface area contributed by atoms with Crippen molar-refractivity contribution in [3.63, 3.8) is 0 Å². The lowest BCUT2D eigenvalue weighted by Crippen LogP contribution is -2.42. The molecule has 5 rings (SSSR count). The Morgan fingerprint density at radius 2 is 1.94 bits per heavy atom. The minimum absolute atomic E-state index is 0.569. The molecule has 0 atom stereocenters. The molecule has 1 aliphatic heterocycles. The molecule has 0 unspecified atom stereocenters. The molecule has 0 amide bonds. The number of hydrogen-bond donors (Lipinski definition) is 4. The van der Waals surface area contributed by atoms with Crippen LogP contribution in [0.3, 0.4) is 0 Å². The number of fused-ring (bicyclic) bond motifs is 1. The molecule has 0 bridgehead atoms. The fraction of sp³-hybridized carbons (Fsp3) is 0.240. The minimum atomic E-state index is -0.573. The van der Waals surface area contributed by atoms with Gasteiger partial charge in [-0.2, -0.15) is 0 Å². The van der Waals surface area contributed by atoms with E-state index < -0.39 is 5.60 Å². The second kappa shape index (κ2) is 8.22. The molecular weight excluding hydrogens is 414 g/mol. The Morgan fingerprint density at radius 1 is 1.12 bits per heavy atom. The first-order valence-electron chi connectivity index (χ1n) is 11.0. The van der Waals surface area contributed by atoms with Gasteiger partial charge in [-0.15, -0.1) is 0 Å². The number of imidazole rings is 1. The van der Waals surface area contributed by atoms with Crippen molar-refractivity contribution in [3.8, 4) is 11.1 Å². The molecule has 5 N–H and O–H groups in total. The van der Waals surface area contributed by atoms with Crippen LogP contribution in [0.2, 0.25) is 0 Å². The fourth-order valence-electron chi connectivity index (χ4n) is 4.20. The average molecular weight is 442 g/mol. The largest absolute Gasteiger partial charge is 0.398 e. The zero-order chi connectivity index (χ0) is 23.0. The smallest absolute Gasteiger partial charge is 0.160 e. The molecule has 0 spiro atoms. The highest BCUT2D eigenvalue weighted by molar-refractivity contribution is 5.88. The van der Waals surface area contributed by atoms with Gasteiger partial charge in [-0.1, -0.05) is 12.1 Å². The highest BCUT2D eigenvalue weighted by atomic mass is 16.3. The molecule has 168 valence electrons. The molecular formula is C25H27N7O. The summed E-state index contributed by atoms with van der Waals surface area (Å²) in [6.07, 6.45) is 10.3. The van der Waals surface area contributed by atoms with Crippen molar-refractivity contribution < 1.29 is 5.11 Å². The van der Waals surface area contributed by atoms with Gasteiger partial charge in [-0.3, -0.25) is 0 Å². The van der Waals surface area contributed by atoms with E-state index in [2.05, 4.69) is 26.3 Å². The van der Waals surface area contributed by atoms with Crippen LogP contribution in [-0.4, -0.2) is 44.4 Å². The van der Waals surface area contributed by atoms with Crippen LogP contribution in [0.4, 0.5) is 22.9 Å². The topological polar surface area (TPSA) is 116 Å². The highest BCUT2D eigenvalue weighted by Crippen LogP contribution is 2.30. The Bertz CT molecular complexity index is 1300. The van der Waals surface area contributed by atoms with E-state index in [0.717, 1.165) is 59.9 Å². The van der Waals surface area contributed by atoms with Gasteiger partial charge in [0.25, 0.3) is 0 Å². The Balaban J connectivity index is 1.41. The van der Waals surface area contributed by atoms with E-state index in [9.17, 15) is 5.11 Å². The Morgan fingerprint density at radius 3 is 2.64 bits per heavy atom. The third-order valence-corrected chi connectivity index (χ3v) is 6.28. The third kappa shape index (κ3) is 4.25. The molecule has 33 heavy (non-hydrogen) atoms. The number of piperidine rings is 1. The van der Waals surface area contributed by atoms with E-state index in [0.29, 0.717) is 11.3 Å². The third-order valence-electron chi connectivity index (χ3n) is 6.28. The SMILES string of the molecule is CC1(O)CCN(c2ccc(Nc3cc(-c4ccc(C=N)c(N)c4)cn4ccnc34)nc2)CC1. The number of nitrogen functional groups attached to an aromatic ring is 1. The van der Waals surface area contributed by atoms with Crippen LogP contribution >= 0.6 is 0 Å². The molecule has 4 heterocycles. The van der Waals surface area contributed by atoms with Crippen molar-refractivity contribution in [2.75, 3.05) is 29.0 Å². The van der Waals surface area contributed by atoms with Gasteiger partial charge in [-0.25, -0.2) is 9.97 Å². The molecule has 0 radical (unpaired) electrons. The van der Waals surface area contributed by atoms with Crippen LogP contribution in [0.5, 0.6) is 0 Å². The van der Waals surface area contributed by atoms with Crippen LogP contribution in [0, 0.1) is 5.41 Å². The summed E-state index contributed by atoms with van der Waals surface area (Å²) >= 11 is 0. The van der Waals surface area contributed by atoms with E-state index in [4.69, 9.17) is 11.1 Å². The van der Waals surface area contributed by atoms with Crippen molar-refractivity contribution in [1.82, 2.24) is 14.4 Å². The molecule has 0 saturated carbocycles. The van der Waals surface area contributed by atoms with Crippen LogP contribution < -0.4 is 16.0 Å². The van der Waals surface area contributed by atoms with Gasteiger partial charge in [0, 0.05) is 54.7 Å². The second-order valence-electron chi connectivity index (χ2n) is 8.80. The summed E-state index contributed by atoms with van der Waals surface area (Å²) in [4.78, 5) is 11.4. The maximum Gasteiger partial charge on any atom is 0.160 e. The zero-order valence-corrected chi connectivity index (χ0v) is 18.5. The van der Waals surface area contributed by atoms with Crippen molar-refractivity contribution in [2.24, 2.45) is 0 Å². The number of nitrogens with zero attached hydrogens (tertiary/aromatic N) is 4. The van der Waals surface area contributed by atoms with Gasteiger partial charge in [0.15, 0.2) is 5.65 Å². The van der Waals surface area contributed by atoms with Gasteiger partial charge < -0.3 is 30.9 Å². The van der Waals surface area contributed by atoms with Gasteiger partial charge in [0.1, 0.15) is 5.82 Å². The number of aromatic nitrogens is 3. The van der Waals surface area contributed by atoms with Crippen LogP contribution in [0.25, 0.3) is 16.8 Å². The number of pyridine rings is 2. The maximum atomic E-state index is 10.2. The Labute approximate surface area is 192 Å². The van der Waals surface area contributed by atoms with Crippen molar-refractivity contribution in [2.45, 2.75) is 25.4 Å². The Kier molecular flexibility index (Phi) is 5.22. The number of benzene rings is 1. The average Bonchev–Trinajstić information content (AvgIpc) is 3.29. The predicted octanol–water partition coefficient (Wildman–Crippen LogP) is 4.07. The summed E-state index contributed by atoms with van der Waals surface area (Å²) in [5.41, 5.74) is 11.4. The lowest BCUT2D eigenvalue weighted by Gasteiger charge is -2.37. The van der Waals surface area contributed by atoms with E-state index >= 15 is 0 Å². The van der Waals surface area contributed by atoms with Crippen LogP contribution in [-0.2, 0) is 0 Å². The van der Waals surface area contributed by atoms with E-state index in [-0.39, 0.29) is 0 Å². The number of anilines is 4. The van der Waals surface area contributed by atoms with Gasteiger partial charge >= 0.3 is 0 Å². The zero-order valence-electron chi connectivity index (χ0n) is 18.5. The molecule has 8 heteroatoms. The summed E-state index contributed by atoms with van der Waals surface area (Å²) in [7, 11) is 0. The number of aliphatic hydroxyl groups is 1. The van der Waals surface area contributed by atoms with Crippen molar-refractivity contribution >= 4 is 34.7 Å². The first kappa shape index (κ1) is 21.0. The Hall–Kier alpha value is -3.91. The molecule has 0 aliphatic carbocycles. The lowest BCUT2D eigenvalue weighted by molar-refractivity contribution is 0.0351. The lowest BCUT2D eigenvalue weighted by atomic mass is 9.94. The molecule has 1 aromatic carbocycles. The highest BCUT2D eigenvalue weighted by Gasteiger charge is 2.27. The number of hydrogen-bond acceptors (Lipinski definition) is 7. The standard InChI is InChI=1S/C25H27N7O/c1-25(33)6-9-31(10-7-25)20-4-5-23(29-15-20)30-22-13-19(16-32-11-8-28-24(22)32)17-2-3-18(14-26)21(27)12-17/h2-5,8,11-16,26,33H,6-7,9-10,27H2,1H3,(H,29,30).